The molecule has 1 N–H and O–H groups in total. The van der Waals surface area contributed by atoms with E-state index in [4.69, 9.17) is 14.6 Å². The molecule has 0 aliphatic carbocycles. The van der Waals surface area contributed by atoms with Crippen LogP contribution in [0.25, 0.3) is 9.88 Å². The first kappa shape index (κ1) is 29.9. The van der Waals surface area contributed by atoms with Crippen molar-refractivity contribution in [3.63, 3.8) is 0 Å². The minimum atomic E-state index is -5.19. The molecule has 3 aromatic rings. The number of thiazole rings is 1. The van der Waals surface area contributed by atoms with E-state index >= 15 is 0 Å². The fourth-order valence-electron chi connectivity index (χ4n) is 2.85. The number of amides is 1. The first-order valence-corrected chi connectivity index (χ1v) is 12.3. The number of aromatic nitrogens is 2. The molecule has 1 atom stereocenters. The Balaban J connectivity index is 0.000000604. The lowest BCUT2D eigenvalue weighted by molar-refractivity contribution is -0.344. The van der Waals surface area contributed by atoms with E-state index in [1.807, 2.05) is 24.4 Å². The normalized spacial score (nSPS) is 12.0. The number of aryl methyl sites for hydroxylation is 1. The maximum Gasteiger partial charge on any atom is 0.430 e. The highest BCUT2D eigenvalue weighted by molar-refractivity contribution is 7.21. The molecule has 0 radical (unpaired) electrons. The molecular formula is C23H22F3N3O6S2-2. The van der Waals surface area contributed by atoms with E-state index in [9.17, 15) is 27.9 Å². The standard InChI is InChI=1S/C21H23N3O4S2.C2HF3O2/c1-12(2)28-16(21(26)27)10-14-6-7-22-15(9-14)11-23-19(25)18-13(3)30-20(24-18)17-5-4-8-29-17;3-2(4,5)1(6)7/h4-9,12,16H,10-11H2,1-3H3,(H,23,25)(H,26,27);(H,6,7)/p-2. The molecule has 0 saturated carbocycles. The highest BCUT2D eigenvalue weighted by Gasteiger charge is 2.28. The summed E-state index contributed by atoms with van der Waals surface area (Å²) >= 11 is 3.07. The molecule has 14 heteroatoms. The highest BCUT2D eigenvalue weighted by atomic mass is 32.1. The lowest BCUT2D eigenvalue weighted by Crippen LogP contribution is -2.40. The van der Waals surface area contributed by atoms with Gasteiger partial charge in [-0.15, -0.1) is 22.7 Å². The molecule has 37 heavy (non-hydrogen) atoms. The Morgan fingerprint density at radius 2 is 1.86 bits per heavy atom. The first-order chi connectivity index (χ1) is 17.3. The summed E-state index contributed by atoms with van der Waals surface area (Å²) in [5.74, 6) is -4.53. The highest BCUT2D eigenvalue weighted by Crippen LogP contribution is 2.30. The van der Waals surface area contributed by atoms with Gasteiger partial charge in [-0.05, 0) is 49.9 Å². The number of alkyl halides is 3. The minimum Gasteiger partial charge on any atom is -0.547 e. The molecule has 0 fully saturated rings. The van der Waals surface area contributed by atoms with Crippen LogP contribution < -0.4 is 15.5 Å². The first-order valence-electron chi connectivity index (χ1n) is 10.7. The van der Waals surface area contributed by atoms with E-state index in [2.05, 4.69) is 15.3 Å². The number of hydrogen-bond acceptors (Lipinski definition) is 10. The number of carbonyl (C=O) groups is 3. The van der Waals surface area contributed by atoms with Gasteiger partial charge in [0.1, 0.15) is 22.8 Å². The van der Waals surface area contributed by atoms with Crippen molar-refractivity contribution in [1.82, 2.24) is 15.3 Å². The van der Waals surface area contributed by atoms with Crippen LogP contribution in [-0.2, 0) is 27.3 Å². The van der Waals surface area contributed by atoms with Gasteiger partial charge < -0.3 is 29.9 Å². The SMILES string of the molecule is Cc1sc(-c2cccs2)nc1C(=O)NCc1cc(CC(OC(C)C)C(=O)[O-])ccn1.O=C([O-])C(F)(F)F. The molecule has 0 saturated heterocycles. The molecule has 1 unspecified atom stereocenters. The average Bonchev–Trinajstić information content (AvgIpc) is 3.46. The average molecular weight is 558 g/mol. The van der Waals surface area contributed by atoms with Crippen LogP contribution in [0.4, 0.5) is 13.2 Å². The topological polar surface area (TPSA) is 144 Å². The fraction of sp³-hybridized carbons (Fsp3) is 0.348. The monoisotopic (exact) mass is 557 g/mol. The summed E-state index contributed by atoms with van der Waals surface area (Å²) in [6, 6.07) is 7.41. The number of carbonyl (C=O) groups excluding carboxylic acids is 3. The summed E-state index contributed by atoms with van der Waals surface area (Å²) in [5.41, 5.74) is 1.77. The number of ether oxygens (including phenoxy) is 1. The number of rotatable bonds is 9. The third kappa shape index (κ3) is 9.55. The van der Waals surface area contributed by atoms with Crippen molar-refractivity contribution < 1.29 is 42.5 Å². The van der Waals surface area contributed by atoms with Crippen molar-refractivity contribution in [3.05, 3.63) is 57.7 Å². The van der Waals surface area contributed by atoms with Gasteiger partial charge in [0.25, 0.3) is 5.91 Å². The number of thiophene rings is 1. The maximum atomic E-state index is 12.6. The van der Waals surface area contributed by atoms with Crippen molar-refractivity contribution in [3.8, 4) is 9.88 Å². The molecule has 0 spiro atoms. The Kier molecular flexibility index (Phi) is 10.7. The van der Waals surface area contributed by atoms with E-state index in [1.54, 1.807) is 43.5 Å². The van der Waals surface area contributed by atoms with Gasteiger partial charge in [0.15, 0.2) is 0 Å². The van der Waals surface area contributed by atoms with Gasteiger partial charge in [-0.1, -0.05) is 6.07 Å². The third-order valence-corrected chi connectivity index (χ3v) is 6.42. The molecule has 200 valence electrons. The molecule has 3 heterocycles. The Hall–Kier alpha value is -3.36. The van der Waals surface area contributed by atoms with Crippen molar-refractivity contribution in [2.75, 3.05) is 0 Å². The molecule has 1 amide bonds. The quantitative estimate of drug-likeness (QED) is 0.420. The van der Waals surface area contributed by atoms with Crippen LogP contribution in [0, 0.1) is 6.92 Å². The van der Waals surface area contributed by atoms with Crippen LogP contribution >= 0.6 is 22.7 Å². The third-order valence-electron chi connectivity index (χ3n) is 4.41. The maximum absolute atomic E-state index is 12.6. The second-order valence-corrected chi connectivity index (χ2v) is 9.87. The molecule has 0 bridgehead atoms. The smallest absolute Gasteiger partial charge is 0.430 e. The predicted molar refractivity (Wildman–Crippen MR) is 125 cm³/mol. The number of halogens is 3. The number of carboxylic acid groups (broad SMARTS) is 2. The number of nitrogens with one attached hydrogen (secondary N) is 1. The number of nitrogens with zero attached hydrogens (tertiary/aromatic N) is 2. The number of hydrogen-bond donors (Lipinski definition) is 1. The van der Waals surface area contributed by atoms with Crippen LogP contribution in [0.1, 0.15) is 40.5 Å². The molecule has 3 aromatic heterocycles. The Morgan fingerprint density at radius 1 is 1.19 bits per heavy atom. The van der Waals surface area contributed by atoms with Crippen molar-refractivity contribution in [1.29, 1.82) is 0 Å². The van der Waals surface area contributed by atoms with Gasteiger partial charge in [-0.25, -0.2) is 4.98 Å². The lowest BCUT2D eigenvalue weighted by atomic mass is 10.1. The van der Waals surface area contributed by atoms with Gasteiger partial charge in [0, 0.05) is 17.5 Å². The van der Waals surface area contributed by atoms with Crippen molar-refractivity contribution in [2.45, 2.75) is 52.1 Å². The number of carboxylic acids is 2. The molecular weight excluding hydrogens is 535 g/mol. The number of pyridine rings is 1. The summed E-state index contributed by atoms with van der Waals surface area (Å²) in [6.07, 6.45) is -4.71. The minimum absolute atomic E-state index is 0.166. The molecule has 0 aliphatic rings. The van der Waals surface area contributed by atoms with Crippen LogP contribution in [-0.4, -0.2) is 46.2 Å². The summed E-state index contributed by atoms with van der Waals surface area (Å²) in [7, 11) is 0. The second kappa shape index (κ2) is 13.3. The van der Waals surface area contributed by atoms with Gasteiger partial charge in [-0.2, -0.15) is 13.2 Å². The van der Waals surface area contributed by atoms with Gasteiger partial charge >= 0.3 is 6.18 Å². The fourth-order valence-corrected chi connectivity index (χ4v) is 4.56. The molecule has 3 rings (SSSR count). The van der Waals surface area contributed by atoms with Crippen LogP contribution in [0.2, 0.25) is 0 Å². The Morgan fingerprint density at radius 3 is 2.41 bits per heavy atom. The van der Waals surface area contributed by atoms with Crippen LogP contribution in [0.15, 0.2) is 35.8 Å². The Bertz CT molecular complexity index is 1210. The molecule has 0 aromatic carbocycles. The van der Waals surface area contributed by atoms with E-state index in [-0.39, 0.29) is 25.0 Å². The summed E-state index contributed by atoms with van der Waals surface area (Å²) in [6.45, 7) is 5.62. The largest absolute Gasteiger partial charge is 0.547 e. The lowest BCUT2D eigenvalue weighted by Gasteiger charge is -2.21. The second-order valence-electron chi connectivity index (χ2n) is 7.72. The summed E-state index contributed by atoms with van der Waals surface area (Å²) in [4.78, 5) is 43.3. The summed E-state index contributed by atoms with van der Waals surface area (Å²) in [5, 5.41) is 25.7. The number of aliphatic carboxylic acids is 2. The zero-order valence-electron chi connectivity index (χ0n) is 19.8. The predicted octanol–water partition coefficient (Wildman–Crippen LogP) is 1.89. The zero-order valence-corrected chi connectivity index (χ0v) is 21.5. The van der Waals surface area contributed by atoms with Crippen molar-refractivity contribution >= 4 is 40.5 Å². The Labute approximate surface area is 218 Å². The van der Waals surface area contributed by atoms with Crippen LogP contribution in [0.5, 0.6) is 0 Å². The summed E-state index contributed by atoms with van der Waals surface area (Å²) < 4.78 is 36.9. The molecule has 0 aliphatic heterocycles. The van der Waals surface area contributed by atoms with Crippen LogP contribution in [0.3, 0.4) is 0 Å². The van der Waals surface area contributed by atoms with Crippen molar-refractivity contribution in [2.24, 2.45) is 0 Å². The zero-order chi connectivity index (χ0) is 27.8. The molecule has 9 nitrogen and oxygen atoms in total. The van der Waals surface area contributed by atoms with Gasteiger partial charge in [-0.3, -0.25) is 9.78 Å². The van der Waals surface area contributed by atoms with E-state index in [0.29, 0.717) is 11.4 Å². The van der Waals surface area contributed by atoms with E-state index < -0.39 is 24.2 Å². The van der Waals surface area contributed by atoms with Gasteiger partial charge in [0.2, 0.25) is 0 Å². The van der Waals surface area contributed by atoms with Gasteiger partial charge in [0.05, 0.1) is 29.2 Å². The van der Waals surface area contributed by atoms with E-state index in [1.165, 1.54) is 11.3 Å². The van der Waals surface area contributed by atoms with E-state index in [0.717, 1.165) is 20.3 Å².